The third kappa shape index (κ3) is 6.58. The first kappa shape index (κ1) is 20.1. The number of amides is 2. The van der Waals surface area contributed by atoms with Crippen LogP contribution in [0.2, 0.25) is 0 Å². The van der Waals surface area contributed by atoms with Gasteiger partial charge >= 0.3 is 12.2 Å². The highest BCUT2D eigenvalue weighted by atomic mass is 16.6. The first-order chi connectivity index (χ1) is 12.2. The Labute approximate surface area is 155 Å². The van der Waals surface area contributed by atoms with E-state index in [0.29, 0.717) is 0 Å². The summed E-state index contributed by atoms with van der Waals surface area (Å²) >= 11 is 0. The highest BCUT2D eigenvalue weighted by molar-refractivity contribution is 5.68. The highest BCUT2D eigenvalue weighted by Crippen LogP contribution is 2.23. The van der Waals surface area contributed by atoms with E-state index in [2.05, 4.69) is 5.32 Å². The van der Waals surface area contributed by atoms with Crippen LogP contribution in [-0.2, 0) is 16.1 Å². The number of hydrogen-bond acceptors (Lipinski definition) is 4. The van der Waals surface area contributed by atoms with Crippen LogP contribution in [0, 0.1) is 0 Å². The number of nitrogens with one attached hydrogen (secondary N) is 1. The number of nitrogens with zero attached hydrogens (tertiary/aromatic N) is 1. The maximum absolute atomic E-state index is 12.2. The van der Waals surface area contributed by atoms with Crippen molar-refractivity contribution in [2.45, 2.75) is 70.7 Å². The second kappa shape index (κ2) is 8.92. The summed E-state index contributed by atoms with van der Waals surface area (Å²) in [7, 11) is 1.78. The molecule has 1 aliphatic rings. The fraction of sp³-hybridized carbons (Fsp3) is 0.600. The lowest BCUT2D eigenvalue weighted by atomic mass is 9.90. The van der Waals surface area contributed by atoms with Crippen LogP contribution in [0.5, 0.6) is 0 Å². The smallest absolute Gasteiger partial charge is 0.410 e. The fourth-order valence-corrected chi connectivity index (χ4v) is 3.05. The van der Waals surface area contributed by atoms with E-state index >= 15 is 0 Å². The van der Waals surface area contributed by atoms with E-state index in [-0.39, 0.29) is 30.9 Å². The third-order valence-corrected chi connectivity index (χ3v) is 4.46. The van der Waals surface area contributed by atoms with Crippen LogP contribution in [0.3, 0.4) is 0 Å². The molecule has 0 aromatic heterocycles. The molecule has 6 heteroatoms. The van der Waals surface area contributed by atoms with Gasteiger partial charge in [-0.15, -0.1) is 0 Å². The molecule has 6 nitrogen and oxygen atoms in total. The molecular weight excluding hydrogens is 332 g/mol. The van der Waals surface area contributed by atoms with Crippen LogP contribution in [0.15, 0.2) is 30.3 Å². The summed E-state index contributed by atoms with van der Waals surface area (Å²) < 4.78 is 10.7. The molecule has 1 aromatic carbocycles. The molecule has 1 aromatic rings. The Morgan fingerprint density at radius 1 is 1.12 bits per heavy atom. The molecule has 0 atom stereocenters. The van der Waals surface area contributed by atoms with Gasteiger partial charge < -0.3 is 19.7 Å². The number of benzene rings is 1. The van der Waals surface area contributed by atoms with Gasteiger partial charge in [0, 0.05) is 19.1 Å². The van der Waals surface area contributed by atoms with Gasteiger partial charge in [0.1, 0.15) is 12.2 Å². The number of rotatable bonds is 4. The van der Waals surface area contributed by atoms with Crippen LogP contribution in [0.1, 0.15) is 52.0 Å². The summed E-state index contributed by atoms with van der Waals surface area (Å²) in [5.74, 6) is 0. The van der Waals surface area contributed by atoms with Gasteiger partial charge in [-0.25, -0.2) is 9.59 Å². The molecule has 0 unspecified atom stereocenters. The van der Waals surface area contributed by atoms with Gasteiger partial charge in [-0.2, -0.15) is 0 Å². The molecule has 1 fully saturated rings. The molecule has 0 spiro atoms. The molecule has 0 saturated heterocycles. The molecule has 1 N–H and O–H groups in total. The summed E-state index contributed by atoms with van der Waals surface area (Å²) in [6, 6.07) is 9.87. The summed E-state index contributed by atoms with van der Waals surface area (Å²) in [5, 5.41) is 2.91. The number of hydrogen-bond donors (Lipinski definition) is 1. The van der Waals surface area contributed by atoms with Crippen molar-refractivity contribution in [1.29, 1.82) is 0 Å². The molecule has 1 saturated carbocycles. The van der Waals surface area contributed by atoms with Crippen molar-refractivity contribution in [3.8, 4) is 0 Å². The molecule has 2 amide bonds. The second-order valence-corrected chi connectivity index (χ2v) is 7.80. The molecule has 0 aliphatic heterocycles. The van der Waals surface area contributed by atoms with E-state index in [9.17, 15) is 9.59 Å². The topological polar surface area (TPSA) is 67.9 Å². The molecule has 2 rings (SSSR count). The lowest BCUT2D eigenvalue weighted by molar-refractivity contribution is 0.0469. The highest BCUT2D eigenvalue weighted by Gasteiger charge is 2.29. The molecule has 0 bridgehead atoms. The van der Waals surface area contributed by atoms with Crippen molar-refractivity contribution in [1.82, 2.24) is 10.2 Å². The number of carbonyl (C=O) groups excluding carboxylic acids is 2. The maximum Gasteiger partial charge on any atom is 0.410 e. The van der Waals surface area contributed by atoms with Crippen LogP contribution in [-0.4, -0.2) is 41.8 Å². The van der Waals surface area contributed by atoms with Crippen LogP contribution in [0.4, 0.5) is 9.59 Å². The van der Waals surface area contributed by atoms with Gasteiger partial charge in [-0.05, 0) is 52.0 Å². The lowest BCUT2D eigenvalue weighted by Gasteiger charge is -2.34. The molecule has 0 heterocycles. The van der Waals surface area contributed by atoms with Gasteiger partial charge in [0.15, 0.2) is 0 Å². The Bertz CT molecular complexity index is 590. The summed E-state index contributed by atoms with van der Waals surface area (Å²) in [6.45, 7) is 5.82. The lowest BCUT2D eigenvalue weighted by Crippen LogP contribution is -2.45. The molecule has 1 aliphatic carbocycles. The van der Waals surface area contributed by atoms with E-state index in [0.717, 1.165) is 31.2 Å². The van der Waals surface area contributed by atoms with Gasteiger partial charge in [0.05, 0.1) is 0 Å². The second-order valence-electron chi connectivity index (χ2n) is 7.80. The van der Waals surface area contributed by atoms with Gasteiger partial charge in [-0.3, -0.25) is 0 Å². The zero-order chi connectivity index (χ0) is 19.2. The fourth-order valence-electron chi connectivity index (χ4n) is 3.05. The average Bonchev–Trinajstić information content (AvgIpc) is 2.59. The van der Waals surface area contributed by atoms with Crippen molar-refractivity contribution in [3.05, 3.63) is 35.9 Å². The number of alkyl carbamates (subject to hydrolysis) is 1. The van der Waals surface area contributed by atoms with E-state index in [1.165, 1.54) is 0 Å². The van der Waals surface area contributed by atoms with Crippen LogP contribution < -0.4 is 5.32 Å². The summed E-state index contributed by atoms with van der Waals surface area (Å²) in [5.41, 5.74) is 0.476. The Morgan fingerprint density at radius 2 is 1.73 bits per heavy atom. The quantitative estimate of drug-likeness (QED) is 0.876. The average molecular weight is 362 g/mol. The van der Waals surface area contributed by atoms with Crippen molar-refractivity contribution >= 4 is 12.2 Å². The Morgan fingerprint density at radius 3 is 2.31 bits per heavy atom. The molecular formula is C20H30N2O4. The summed E-state index contributed by atoms with van der Waals surface area (Å²) in [4.78, 5) is 25.8. The van der Waals surface area contributed by atoms with Crippen molar-refractivity contribution in [2.75, 3.05) is 7.05 Å². The third-order valence-electron chi connectivity index (χ3n) is 4.46. The normalized spacial score (nSPS) is 20.2. The Balaban J connectivity index is 1.72. The van der Waals surface area contributed by atoms with Gasteiger partial charge in [0.2, 0.25) is 0 Å². The monoisotopic (exact) mass is 362 g/mol. The van der Waals surface area contributed by atoms with E-state index in [4.69, 9.17) is 9.47 Å². The maximum atomic E-state index is 12.2. The minimum absolute atomic E-state index is 0.0924. The minimum Gasteiger partial charge on any atom is -0.445 e. The minimum atomic E-state index is -0.496. The zero-order valence-corrected chi connectivity index (χ0v) is 16.2. The van der Waals surface area contributed by atoms with Gasteiger partial charge in [-0.1, -0.05) is 30.3 Å². The Kier molecular flexibility index (Phi) is 6.89. The number of carbonyl (C=O) groups is 2. The summed E-state index contributed by atoms with van der Waals surface area (Å²) in [6.07, 6.45) is 2.61. The standard InChI is InChI=1S/C20H30N2O4/c1-20(2,3)26-18(23)21-16-10-12-17(13-11-16)22(4)19(24)25-14-15-8-6-5-7-9-15/h5-9,16-17H,10-14H2,1-4H3,(H,21,23). The molecule has 0 radical (unpaired) electrons. The van der Waals surface area contributed by atoms with Crippen LogP contribution in [0.25, 0.3) is 0 Å². The van der Waals surface area contributed by atoms with Crippen molar-refractivity contribution < 1.29 is 19.1 Å². The van der Waals surface area contributed by atoms with Gasteiger partial charge in [0.25, 0.3) is 0 Å². The zero-order valence-electron chi connectivity index (χ0n) is 16.2. The van der Waals surface area contributed by atoms with E-state index in [1.807, 2.05) is 51.1 Å². The molecule has 26 heavy (non-hydrogen) atoms. The SMILES string of the molecule is CN(C(=O)OCc1ccccc1)C1CCC(NC(=O)OC(C)(C)C)CC1. The van der Waals surface area contributed by atoms with Crippen molar-refractivity contribution in [3.63, 3.8) is 0 Å². The number of ether oxygens (including phenoxy) is 2. The predicted molar refractivity (Wildman–Crippen MR) is 99.8 cm³/mol. The first-order valence-electron chi connectivity index (χ1n) is 9.17. The largest absolute Gasteiger partial charge is 0.445 e. The first-order valence-corrected chi connectivity index (χ1v) is 9.17. The molecule has 144 valence electrons. The predicted octanol–water partition coefficient (Wildman–Crippen LogP) is 4.09. The van der Waals surface area contributed by atoms with E-state index < -0.39 is 5.60 Å². The van der Waals surface area contributed by atoms with Crippen LogP contribution >= 0.6 is 0 Å². The van der Waals surface area contributed by atoms with Crippen molar-refractivity contribution in [2.24, 2.45) is 0 Å². The van der Waals surface area contributed by atoms with E-state index in [1.54, 1.807) is 11.9 Å². The Hall–Kier alpha value is -2.24.